The third-order valence-electron chi connectivity index (χ3n) is 4.27. The molecule has 1 amide bonds. The number of rotatable bonds is 8. The maximum atomic E-state index is 12.5. The maximum Gasteiger partial charge on any atom is 0.251 e. The Labute approximate surface area is 180 Å². The zero-order valence-corrected chi connectivity index (χ0v) is 17.7. The first-order valence-corrected chi connectivity index (χ1v) is 8.98. The molecule has 0 aliphatic carbocycles. The van der Waals surface area contributed by atoms with E-state index >= 15 is 0 Å². The fourth-order valence-electron chi connectivity index (χ4n) is 2.82. The SMILES string of the molecule is COc1ccc(C(=O)NCc2cc(C)on2)cc1Oc1cccc(OC)c1CN.Cl. The first-order valence-electron chi connectivity index (χ1n) is 8.98. The number of benzene rings is 2. The molecule has 0 saturated heterocycles. The topological polar surface area (TPSA) is 109 Å². The standard InChI is InChI=1S/C21H23N3O5.ClH/c1-13-9-15(24-29-13)12-23-21(25)14-7-8-19(27-3)20(10-14)28-18-6-4-5-17(26-2)16(18)11-22;/h4-10H,11-12,22H2,1-3H3,(H,23,25);1H. The molecule has 0 bridgehead atoms. The summed E-state index contributed by atoms with van der Waals surface area (Å²) in [5.74, 6) is 2.44. The lowest BCUT2D eigenvalue weighted by molar-refractivity contribution is 0.0949. The Morgan fingerprint density at radius 3 is 2.43 bits per heavy atom. The average Bonchev–Trinajstić information content (AvgIpc) is 3.16. The van der Waals surface area contributed by atoms with Crippen molar-refractivity contribution >= 4 is 18.3 Å². The zero-order chi connectivity index (χ0) is 20.8. The van der Waals surface area contributed by atoms with Crippen molar-refractivity contribution in [2.75, 3.05) is 14.2 Å². The Kier molecular flexibility index (Phi) is 8.08. The molecule has 30 heavy (non-hydrogen) atoms. The molecular weight excluding hydrogens is 410 g/mol. The Morgan fingerprint density at radius 1 is 1.07 bits per heavy atom. The van der Waals surface area contributed by atoms with E-state index in [1.54, 1.807) is 50.4 Å². The van der Waals surface area contributed by atoms with Gasteiger partial charge in [-0.2, -0.15) is 0 Å². The van der Waals surface area contributed by atoms with Gasteiger partial charge in [-0.3, -0.25) is 4.79 Å². The van der Waals surface area contributed by atoms with E-state index in [-0.39, 0.29) is 31.4 Å². The number of halogens is 1. The molecule has 0 atom stereocenters. The van der Waals surface area contributed by atoms with E-state index in [1.165, 1.54) is 7.11 Å². The molecule has 160 valence electrons. The second-order valence-corrected chi connectivity index (χ2v) is 6.22. The molecule has 1 aromatic heterocycles. The number of nitrogens with zero attached hydrogens (tertiary/aromatic N) is 1. The van der Waals surface area contributed by atoms with Gasteiger partial charge in [0.15, 0.2) is 11.5 Å². The molecule has 0 aliphatic heterocycles. The summed E-state index contributed by atoms with van der Waals surface area (Å²) in [5, 5.41) is 6.66. The molecule has 0 unspecified atom stereocenters. The summed E-state index contributed by atoms with van der Waals surface area (Å²) in [6.45, 7) is 2.28. The number of methoxy groups -OCH3 is 2. The predicted octanol–water partition coefficient (Wildman–Crippen LogP) is 3.60. The van der Waals surface area contributed by atoms with Gasteiger partial charge in [-0.1, -0.05) is 11.2 Å². The van der Waals surface area contributed by atoms with Gasteiger partial charge < -0.3 is 29.8 Å². The van der Waals surface area contributed by atoms with E-state index in [9.17, 15) is 4.79 Å². The largest absolute Gasteiger partial charge is 0.496 e. The minimum atomic E-state index is -0.275. The molecule has 3 aromatic rings. The number of ether oxygens (including phenoxy) is 3. The lowest BCUT2D eigenvalue weighted by Gasteiger charge is -2.16. The van der Waals surface area contributed by atoms with Crippen molar-refractivity contribution in [3.05, 3.63) is 65.0 Å². The summed E-state index contributed by atoms with van der Waals surface area (Å²) < 4.78 is 21.7. The van der Waals surface area contributed by atoms with E-state index < -0.39 is 0 Å². The third-order valence-corrected chi connectivity index (χ3v) is 4.27. The summed E-state index contributed by atoms with van der Waals surface area (Å²) in [6, 6.07) is 12.1. The summed E-state index contributed by atoms with van der Waals surface area (Å²) in [6.07, 6.45) is 0. The maximum absolute atomic E-state index is 12.5. The van der Waals surface area contributed by atoms with E-state index in [2.05, 4.69) is 10.5 Å². The van der Waals surface area contributed by atoms with Crippen LogP contribution in [-0.2, 0) is 13.1 Å². The van der Waals surface area contributed by atoms with E-state index in [1.807, 2.05) is 6.07 Å². The lowest BCUT2D eigenvalue weighted by atomic mass is 10.1. The van der Waals surface area contributed by atoms with Gasteiger partial charge in [-0.15, -0.1) is 12.4 Å². The van der Waals surface area contributed by atoms with Crippen LogP contribution in [0, 0.1) is 6.92 Å². The molecular formula is C21H24ClN3O5. The second kappa shape index (κ2) is 10.5. The molecule has 1 heterocycles. The van der Waals surface area contributed by atoms with E-state index in [4.69, 9.17) is 24.5 Å². The lowest BCUT2D eigenvalue weighted by Crippen LogP contribution is -2.22. The van der Waals surface area contributed by atoms with Gasteiger partial charge in [0.05, 0.1) is 26.3 Å². The van der Waals surface area contributed by atoms with Crippen LogP contribution in [0.15, 0.2) is 47.0 Å². The van der Waals surface area contributed by atoms with E-state index in [0.717, 1.165) is 0 Å². The van der Waals surface area contributed by atoms with Crippen LogP contribution in [0.25, 0.3) is 0 Å². The number of carbonyl (C=O) groups is 1. The molecule has 0 spiro atoms. The van der Waals surface area contributed by atoms with Crippen molar-refractivity contribution in [2.24, 2.45) is 5.73 Å². The Morgan fingerprint density at radius 2 is 1.80 bits per heavy atom. The number of nitrogens with one attached hydrogen (secondary N) is 1. The van der Waals surface area contributed by atoms with Crippen molar-refractivity contribution in [2.45, 2.75) is 20.0 Å². The van der Waals surface area contributed by atoms with Crippen molar-refractivity contribution in [1.82, 2.24) is 10.5 Å². The van der Waals surface area contributed by atoms with Crippen LogP contribution < -0.4 is 25.3 Å². The van der Waals surface area contributed by atoms with Gasteiger partial charge >= 0.3 is 0 Å². The highest BCUT2D eigenvalue weighted by molar-refractivity contribution is 5.94. The van der Waals surface area contributed by atoms with Crippen LogP contribution in [0.3, 0.4) is 0 Å². The Balaban J connectivity index is 0.00000320. The van der Waals surface area contributed by atoms with Gasteiger partial charge in [0.25, 0.3) is 5.91 Å². The van der Waals surface area contributed by atoms with Crippen LogP contribution in [0.1, 0.15) is 27.4 Å². The molecule has 0 radical (unpaired) electrons. The van der Waals surface area contributed by atoms with Crippen LogP contribution in [0.4, 0.5) is 0 Å². The predicted molar refractivity (Wildman–Crippen MR) is 114 cm³/mol. The molecule has 0 fully saturated rings. The third kappa shape index (κ3) is 5.22. The van der Waals surface area contributed by atoms with Gasteiger partial charge in [0, 0.05) is 18.2 Å². The fourth-order valence-corrected chi connectivity index (χ4v) is 2.82. The normalized spacial score (nSPS) is 10.1. The van der Waals surface area contributed by atoms with Gasteiger partial charge in [-0.25, -0.2) is 0 Å². The van der Waals surface area contributed by atoms with Crippen LogP contribution in [0.5, 0.6) is 23.0 Å². The van der Waals surface area contributed by atoms with Gasteiger partial charge in [0.1, 0.15) is 23.0 Å². The molecule has 0 aliphatic rings. The highest BCUT2D eigenvalue weighted by atomic mass is 35.5. The van der Waals surface area contributed by atoms with Gasteiger partial charge in [-0.05, 0) is 37.3 Å². The number of amides is 1. The monoisotopic (exact) mass is 433 g/mol. The number of aromatic nitrogens is 1. The number of nitrogens with two attached hydrogens (primary N) is 1. The molecule has 9 heteroatoms. The molecule has 0 saturated carbocycles. The van der Waals surface area contributed by atoms with Crippen molar-refractivity contribution in [1.29, 1.82) is 0 Å². The van der Waals surface area contributed by atoms with Crippen molar-refractivity contribution in [3.8, 4) is 23.0 Å². The van der Waals surface area contributed by atoms with Crippen molar-refractivity contribution in [3.63, 3.8) is 0 Å². The number of aryl methyl sites for hydroxylation is 1. The van der Waals surface area contributed by atoms with Gasteiger partial charge in [0.2, 0.25) is 0 Å². The first-order chi connectivity index (χ1) is 14.0. The number of carbonyl (C=O) groups excluding carboxylic acids is 1. The Bertz CT molecular complexity index is 1010. The van der Waals surface area contributed by atoms with E-state index in [0.29, 0.717) is 45.6 Å². The summed E-state index contributed by atoms with van der Waals surface area (Å²) >= 11 is 0. The number of hydrogen-bond donors (Lipinski definition) is 2. The zero-order valence-electron chi connectivity index (χ0n) is 16.9. The van der Waals surface area contributed by atoms with Crippen LogP contribution in [0.2, 0.25) is 0 Å². The first kappa shape index (κ1) is 23.1. The quantitative estimate of drug-likeness (QED) is 0.558. The highest BCUT2D eigenvalue weighted by Gasteiger charge is 2.15. The average molecular weight is 434 g/mol. The molecule has 3 rings (SSSR count). The second-order valence-electron chi connectivity index (χ2n) is 6.22. The molecule has 2 aromatic carbocycles. The highest BCUT2D eigenvalue weighted by Crippen LogP contribution is 2.36. The minimum absolute atomic E-state index is 0. The Hall–Kier alpha value is -3.23. The molecule has 8 nitrogen and oxygen atoms in total. The smallest absolute Gasteiger partial charge is 0.251 e. The minimum Gasteiger partial charge on any atom is -0.496 e. The summed E-state index contributed by atoms with van der Waals surface area (Å²) in [4.78, 5) is 12.5. The summed E-state index contributed by atoms with van der Waals surface area (Å²) in [5.41, 5.74) is 7.63. The summed E-state index contributed by atoms with van der Waals surface area (Å²) in [7, 11) is 3.10. The van der Waals surface area contributed by atoms with Crippen LogP contribution in [-0.4, -0.2) is 25.3 Å². The van der Waals surface area contributed by atoms with Crippen molar-refractivity contribution < 1.29 is 23.5 Å². The van der Waals surface area contributed by atoms with Crippen LogP contribution >= 0.6 is 12.4 Å². The molecule has 3 N–H and O–H groups in total. The number of hydrogen-bond acceptors (Lipinski definition) is 7. The fraction of sp³-hybridized carbons (Fsp3) is 0.238.